The molecule has 8 heteroatoms. The summed E-state index contributed by atoms with van der Waals surface area (Å²) in [6.45, 7) is 0.275. The van der Waals surface area contributed by atoms with Crippen molar-refractivity contribution in [1.82, 2.24) is 30.1 Å². The molecule has 0 atom stereocenters. The number of nitrogens with two attached hydrogens (primary N) is 1. The van der Waals surface area contributed by atoms with Crippen LogP contribution in [-0.4, -0.2) is 37.2 Å². The highest BCUT2D eigenvalue weighted by Gasteiger charge is 2.05. The van der Waals surface area contributed by atoms with Crippen LogP contribution in [0.5, 0.6) is 0 Å². The Morgan fingerprint density at radius 1 is 1.59 bits per heavy atom. The van der Waals surface area contributed by atoms with E-state index in [1.807, 2.05) is 19.3 Å². The Labute approximate surface area is 97.4 Å². The van der Waals surface area contributed by atoms with Gasteiger partial charge in [0, 0.05) is 19.3 Å². The minimum atomic E-state index is -0.225. The lowest BCUT2D eigenvalue weighted by atomic mass is 10.4. The van der Waals surface area contributed by atoms with Crippen molar-refractivity contribution in [3.63, 3.8) is 0 Å². The van der Waals surface area contributed by atoms with Gasteiger partial charge in [-0.2, -0.15) is 5.10 Å². The summed E-state index contributed by atoms with van der Waals surface area (Å²) >= 11 is 0. The van der Waals surface area contributed by atoms with Crippen molar-refractivity contribution in [2.45, 2.75) is 6.54 Å². The highest BCUT2D eigenvalue weighted by Crippen LogP contribution is 2.02. The molecule has 2 heterocycles. The first kappa shape index (κ1) is 11.3. The molecule has 1 amide bonds. The average molecular weight is 235 g/mol. The molecule has 3 N–H and O–H groups in total. The molecule has 17 heavy (non-hydrogen) atoms. The van der Waals surface area contributed by atoms with E-state index < -0.39 is 0 Å². The molecule has 0 aliphatic carbocycles. The van der Waals surface area contributed by atoms with Gasteiger partial charge in [0.1, 0.15) is 5.69 Å². The third kappa shape index (κ3) is 2.67. The number of aromatic nitrogens is 5. The summed E-state index contributed by atoms with van der Waals surface area (Å²) in [5.41, 5.74) is 5.82. The maximum Gasteiger partial charge on any atom is 0.234 e. The molecular formula is C9H13N7O. The normalized spacial score (nSPS) is 10.5. The average Bonchev–Trinajstić information content (AvgIpc) is 2.94. The number of hydrogen-bond acceptors (Lipinski definition) is 5. The Balaban J connectivity index is 2.03. The van der Waals surface area contributed by atoms with Crippen LogP contribution in [0.25, 0.3) is 5.82 Å². The minimum Gasteiger partial charge on any atom is -0.349 e. The van der Waals surface area contributed by atoms with E-state index in [4.69, 9.17) is 5.73 Å². The van der Waals surface area contributed by atoms with Crippen molar-refractivity contribution in [3.8, 4) is 5.82 Å². The Morgan fingerprint density at radius 2 is 2.41 bits per heavy atom. The van der Waals surface area contributed by atoms with Gasteiger partial charge >= 0.3 is 0 Å². The summed E-state index contributed by atoms with van der Waals surface area (Å²) in [5.74, 6) is 0.453. The molecule has 2 rings (SSSR count). The van der Waals surface area contributed by atoms with Crippen molar-refractivity contribution in [3.05, 3.63) is 24.2 Å². The third-order valence-corrected chi connectivity index (χ3v) is 2.13. The molecule has 2 aromatic rings. The third-order valence-electron chi connectivity index (χ3n) is 2.13. The van der Waals surface area contributed by atoms with Crippen LogP contribution in [0, 0.1) is 0 Å². The maximum absolute atomic E-state index is 11.0. The van der Waals surface area contributed by atoms with E-state index in [0.29, 0.717) is 18.1 Å². The lowest BCUT2D eigenvalue weighted by molar-refractivity contribution is -0.119. The van der Waals surface area contributed by atoms with Gasteiger partial charge in [-0.25, -0.2) is 4.68 Å². The fraction of sp³-hybridized carbons (Fsp3) is 0.333. The zero-order valence-corrected chi connectivity index (χ0v) is 9.37. The van der Waals surface area contributed by atoms with Crippen LogP contribution < -0.4 is 11.1 Å². The van der Waals surface area contributed by atoms with E-state index in [2.05, 4.69) is 20.7 Å². The van der Waals surface area contributed by atoms with Crippen molar-refractivity contribution >= 4 is 5.91 Å². The Bertz CT molecular complexity index is 515. The number of hydrogen-bond donors (Lipinski definition) is 2. The fourth-order valence-corrected chi connectivity index (χ4v) is 1.28. The van der Waals surface area contributed by atoms with Crippen LogP contribution in [0.1, 0.15) is 5.69 Å². The first-order valence-electron chi connectivity index (χ1n) is 5.07. The Kier molecular flexibility index (Phi) is 3.15. The standard InChI is InChI=1S/C9H13N7O/c1-15-3-2-8(13-15)16-6-7(12-14-16)5-11-9(17)4-10/h2-3,6H,4-5,10H2,1H3,(H,11,17). The summed E-state index contributed by atoms with van der Waals surface area (Å²) in [6.07, 6.45) is 3.52. The molecule has 0 aliphatic rings. The number of nitrogens with one attached hydrogen (secondary N) is 1. The number of carbonyl (C=O) groups is 1. The molecule has 0 spiro atoms. The zero-order valence-electron chi connectivity index (χ0n) is 9.37. The molecule has 0 unspecified atom stereocenters. The highest BCUT2D eigenvalue weighted by atomic mass is 16.1. The highest BCUT2D eigenvalue weighted by molar-refractivity contribution is 5.77. The molecule has 90 valence electrons. The van der Waals surface area contributed by atoms with Crippen LogP contribution in [-0.2, 0) is 18.4 Å². The van der Waals surface area contributed by atoms with E-state index in [-0.39, 0.29) is 12.5 Å². The van der Waals surface area contributed by atoms with Crippen LogP contribution in [0.3, 0.4) is 0 Å². The van der Waals surface area contributed by atoms with Gasteiger partial charge in [-0.3, -0.25) is 9.48 Å². The Hall–Kier alpha value is -2.22. The van der Waals surface area contributed by atoms with Crippen LogP contribution >= 0.6 is 0 Å². The lowest BCUT2D eigenvalue weighted by Crippen LogP contribution is -2.29. The van der Waals surface area contributed by atoms with Crippen molar-refractivity contribution in [2.24, 2.45) is 12.8 Å². The number of aryl methyl sites for hydroxylation is 1. The first-order valence-corrected chi connectivity index (χ1v) is 5.07. The van der Waals surface area contributed by atoms with E-state index in [1.165, 1.54) is 0 Å². The zero-order chi connectivity index (χ0) is 12.3. The molecule has 0 radical (unpaired) electrons. The van der Waals surface area contributed by atoms with E-state index in [1.54, 1.807) is 15.6 Å². The predicted octanol–water partition coefficient (Wildman–Crippen LogP) is -1.42. The summed E-state index contributed by atoms with van der Waals surface area (Å²) in [7, 11) is 1.82. The smallest absolute Gasteiger partial charge is 0.234 e. The number of nitrogens with zero attached hydrogens (tertiary/aromatic N) is 5. The molecule has 0 saturated heterocycles. The topological polar surface area (TPSA) is 104 Å². The largest absolute Gasteiger partial charge is 0.349 e. The second-order valence-corrected chi connectivity index (χ2v) is 3.48. The Morgan fingerprint density at radius 3 is 3.06 bits per heavy atom. The number of rotatable bonds is 4. The first-order chi connectivity index (χ1) is 8.19. The quantitative estimate of drug-likeness (QED) is 0.676. The van der Waals surface area contributed by atoms with Crippen LogP contribution in [0.4, 0.5) is 0 Å². The SMILES string of the molecule is Cn1ccc(-n2cc(CNC(=O)CN)nn2)n1. The van der Waals surface area contributed by atoms with Gasteiger partial charge in [-0.05, 0) is 0 Å². The van der Waals surface area contributed by atoms with Crippen LogP contribution in [0.15, 0.2) is 18.5 Å². The van der Waals surface area contributed by atoms with E-state index in [9.17, 15) is 4.79 Å². The van der Waals surface area contributed by atoms with Crippen molar-refractivity contribution in [2.75, 3.05) is 6.54 Å². The molecule has 2 aromatic heterocycles. The second-order valence-electron chi connectivity index (χ2n) is 3.48. The van der Waals surface area contributed by atoms with Crippen molar-refractivity contribution in [1.29, 1.82) is 0 Å². The molecular weight excluding hydrogens is 222 g/mol. The van der Waals surface area contributed by atoms with E-state index >= 15 is 0 Å². The van der Waals surface area contributed by atoms with E-state index in [0.717, 1.165) is 0 Å². The van der Waals surface area contributed by atoms with Gasteiger partial charge in [0.25, 0.3) is 0 Å². The monoisotopic (exact) mass is 235 g/mol. The maximum atomic E-state index is 11.0. The van der Waals surface area contributed by atoms with Gasteiger partial charge in [-0.1, -0.05) is 5.21 Å². The molecule has 0 saturated carbocycles. The van der Waals surface area contributed by atoms with Gasteiger partial charge in [0.2, 0.25) is 5.91 Å². The summed E-state index contributed by atoms with van der Waals surface area (Å²) < 4.78 is 3.22. The van der Waals surface area contributed by atoms with Gasteiger partial charge in [0.15, 0.2) is 5.82 Å². The fourth-order valence-electron chi connectivity index (χ4n) is 1.28. The summed E-state index contributed by atoms with van der Waals surface area (Å²) in [4.78, 5) is 11.0. The number of amides is 1. The summed E-state index contributed by atoms with van der Waals surface area (Å²) in [6, 6.07) is 1.82. The predicted molar refractivity (Wildman–Crippen MR) is 59.0 cm³/mol. The van der Waals surface area contributed by atoms with Gasteiger partial charge in [0.05, 0.1) is 19.3 Å². The number of carbonyl (C=O) groups excluding carboxylic acids is 1. The molecule has 0 aromatic carbocycles. The lowest BCUT2D eigenvalue weighted by Gasteiger charge is -1.98. The molecule has 0 fully saturated rings. The second kappa shape index (κ2) is 4.74. The molecule has 0 aliphatic heterocycles. The van der Waals surface area contributed by atoms with Gasteiger partial charge < -0.3 is 11.1 Å². The van der Waals surface area contributed by atoms with Crippen molar-refractivity contribution < 1.29 is 4.79 Å². The van der Waals surface area contributed by atoms with Gasteiger partial charge in [-0.15, -0.1) is 5.10 Å². The van der Waals surface area contributed by atoms with Crippen LogP contribution in [0.2, 0.25) is 0 Å². The summed E-state index contributed by atoms with van der Waals surface area (Å²) in [5, 5.41) is 14.6. The molecule has 8 nitrogen and oxygen atoms in total. The molecule has 0 bridgehead atoms. The minimum absolute atomic E-state index is 0.0334.